The Morgan fingerprint density at radius 1 is 1.13 bits per heavy atom. The third-order valence-electron chi connectivity index (χ3n) is 13.1. The van der Waals surface area contributed by atoms with Crippen molar-refractivity contribution in [3.63, 3.8) is 0 Å². The number of aryl methyl sites for hydroxylation is 1. The normalized spacial score (nSPS) is 31.8. The van der Waals surface area contributed by atoms with E-state index in [0.717, 1.165) is 56.6 Å². The first kappa shape index (κ1) is 35.3. The molecular formula is C39H49ClFN7O5. The standard InChI is InChI=1S/C39H49ClFN7O5/c1-21-13-26-25(17-42-46-26)29(31(21)40)33-32(41)34-30(36(43-33)51-4)35(47-11-12-52-19-38(2,49)18-47)45-37(44-34)53-20-39-8-5-7-28(39)48(10-6-9-39)27-15-22-14-23(50-3)16-24(22)27/h13,17,22-24,27-28,49H,5-12,14-16,18-20H2,1-4H3,(H,42,46)/t22-,23+,24-,27?,28?,38-,39+/m0/s1. The Bertz CT molecular complexity index is 2050. The number of aromatic nitrogens is 5. The number of methoxy groups -OCH3 is 2. The maximum Gasteiger partial charge on any atom is 0.319 e. The molecule has 12 nitrogen and oxygen atoms in total. The Balaban J connectivity index is 1.12. The van der Waals surface area contributed by atoms with Gasteiger partial charge < -0.3 is 29.0 Å². The Morgan fingerprint density at radius 3 is 2.81 bits per heavy atom. The number of ether oxygens (including phenoxy) is 4. The molecule has 7 atom stereocenters. The van der Waals surface area contributed by atoms with Crippen molar-refractivity contribution in [1.29, 1.82) is 0 Å². The molecule has 5 heterocycles. The molecule has 0 bridgehead atoms. The summed E-state index contributed by atoms with van der Waals surface area (Å²) in [6, 6.07) is 2.99. The fourth-order valence-corrected chi connectivity index (χ4v) is 10.8. The van der Waals surface area contributed by atoms with Gasteiger partial charge in [-0.05, 0) is 88.8 Å². The minimum Gasteiger partial charge on any atom is -0.480 e. The Labute approximate surface area is 313 Å². The van der Waals surface area contributed by atoms with E-state index in [0.29, 0.717) is 71.2 Å². The second-order valence-corrected chi connectivity index (χ2v) is 16.9. The monoisotopic (exact) mass is 749 g/mol. The summed E-state index contributed by atoms with van der Waals surface area (Å²) in [6.45, 7) is 6.24. The number of likely N-dealkylation sites (tertiary alicyclic amines) is 1. The van der Waals surface area contributed by atoms with Gasteiger partial charge in [-0.3, -0.25) is 10.00 Å². The number of hydrogen-bond donors (Lipinski definition) is 2. The first-order valence-electron chi connectivity index (χ1n) is 19.1. The van der Waals surface area contributed by atoms with Crippen LogP contribution in [0.15, 0.2) is 12.3 Å². The highest BCUT2D eigenvalue weighted by atomic mass is 35.5. The number of halogens is 2. The summed E-state index contributed by atoms with van der Waals surface area (Å²) < 4.78 is 41.4. The van der Waals surface area contributed by atoms with Gasteiger partial charge >= 0.3 is 6.01 Å². The number of fused-ring (bicyclic) bond motifs is 4. The minimum atomic E-state index is -1.18. The van der Waals surface area contributed by atoms with E-state index < -0.39 is 11.4 Å². The molecule has 0 amide bonds. The summed E-state index contributed by atoms with van der Waals surface area (Å²) in [7, 11) is 3.34. The lowest BCUT2D eigenvalue weighted by atomic mass is 9.67. The minimum absolute atomic E-state index is 0.00459. The predicted octanol–water partition coefficient (Wildman–Crippen LogP) is 6.09. The number of pyridine rings is 1. The van der Waals surface area contributed by atoms with Crippen LogP contribution in [0.25, 0.3) is 33.1 Å². The van der Waals surface area contributed by atoms with Gasteiger partial charge in [-0.1, -0.05) is 18.0 Å². The van der Waals surface area contributed by atoms with Crippen LogP contribution in [0.1, 0.15) is 63.9 Å². The molecule has 5 fully saturated rings. The van der Waals surface area contributed by atoms with Crippen LogP contribution < -0.4 is 14.4 Å². The second kappa shape index (κ2) is 13.4. The van der Waals surface area contributed by atoms with Gasteiger partial charge in [0.05, 0.1) is 56.3 Å². The summed E-state index contributed by atoms with van der Waals surface area (Å²) in [5, 5.41) is 19.6. The molecule has 9 rings (SSSR count). The van der Waals surface area contributed by atoms with Crippen LogP contribution in [0.3, 0.4) is 0 Å². The van der Waals surface area contributed by atoms with E-state index >= 15 is 4.39 Å². The Morgan fingerprint density at radius 2 is 1.98 bits per heavy atom. The number of nitrogens with zero attached hydrogens (tertiary/aromatic N) is 6. The highest BCUT2D eigenvalue weighted by Gasteiger charge is 2.56. The average Bonchev–Trinajstić information content (AvgIpc) is 3.84. The smallest absolute Gasteiger partial charge is 0.319 e. The number of aromatic amines is 1. The third-order valence-corrected chi connectivity index (χ3v) is 13.6. The van der Waals surface area contributed by atoms with Gasteiger partial charge in [-0.2, -0.15) is 15.1 Å². The molecule has 3 aromatic heterocycles. The summed E-state index contributed by atoms with van der Waals surface area (Å²) in [6.07, 6.45) is 11.2. The van der Waals surface area contributed by atoms with Crippen molar-refractivity contribution in [3.05, 3.63) is 28.7 Å². The molecule has 2 unspecified atom stereocenters. The molecule has 2 N–H and O–H groups in total. The zero-order valence-electron chi connectivity index (χ0n) is 31.0. The zero-order valence-corrected chi connectivity index (χ0v) is 31.7. The number of hydrogen-bond acceptors (Lipinski definition) is 11. The largest absolute Gasteiger partial charge is 0.480 e. The van der Waals surface area contributed by atoms with Gasteiger partial charge in [0.25, 0.3) is 0 Å². The molecule has 0 radical (unpaired) electrons. The molecular weight excluding hydrogens is 701 g/mol. The van der Waals surface area contributed by atoms with Gasteiger partial charge in [0, 0.05) is 42.1 Å². The number of rotatable bonds is 8. The lowest BCUT2D eigenvalue weighted by Gasteiger charge is -2.55. The van der Waals surface area contributed by atoms with Crippen LogP contribution in [0.2, 0.25) is 5.02 Å². The number of anilines is 1. The lowest BCUT2D eigenvalue weighted by Crippen LogP contribution is -2.61. The molecule has 53 heavy (non-hydrogen) atoms. The average molecular weight is 750 g/mol. The number of benzene rings is 1. The third kappa shape index (κ3) is 5.92. The second-order valence-electron chi connectivity index (χ2n) is 16.5. The van der Waals surface area contributed by atoms with Crippen LogP contribution in [0.5, 0.6) is 11.9 Å². The molecule has 284 valence electrons. The van der Waals surface area contributed by atoms with Gasteiger partial charge in [-0.15, -0.1) is 0 Å². The predicted molar refractivity (Wildman–Crippen MR) is 199 cm³/mol. The van der Waals surface area contributed by atoms with Crippen molar-refractivity contribution in [2.75, 3.05) is 58.6 Å². The van der Waals surface area contributed by atoms with Crippen molar-refractivity contribution in [2.45, 2.75) is 89.0 Å². The van der Waals surface area contributed by atoms with Crippen molar-refractivity contribution in [1.82, 2.24) is 30.0 Å². The molecule has 3 saturated carbocycles. The maximum absolute atomic E-state index is 17.3. The molecule has 0 spiro atoms. The number of aliphatic hydroxyl groups is 1. The van der Waals surface area contributed by atoms with E-state index in [4.69, 9.17) is 45.5 Å². The molecule has 5 aliphatic rings. The Hall–Kier alpha value is -3.36. The van der Waals surface area contributed by atoms with Crippen LogP contribution >= 0.6 is 11.6 Å². The van der Waals surface area contributed by atoms with Crippen molar-refractivity contribution < 1.29 is 28.4 Å². The van der Waals surface area contributed by atoms with E-state index in [9.17, 15) is 5.11 Å². The number of β-amino-alcohol motifs (C(OH)–C–C–N with tert-alkyl or cyclic N) is 1. The van der Waals surface area contributed by atoms with Gasteiger partial charge in [0.15, 0.2) is 5.82 Å². The van der Waals surface area contributed by atoms with E-state index in [2.05, 4.69) is 15.1 Å². The fourth-order valence-electron chi connectivity index (χ4n) is 10.6. The molecule has 1 aromatic carbocycles. The van der Waals surface area contributed by atoms with Crippen molar-refractivity contribution in [3.8, 4) is 23.1 Å². The first-order valence-corrected chi connectivity index (χ1v) is 19.5. The molecule has 2 saturated heterocycles. The number of H-pyrrole nitrogens is 1. The molecule has 2 aliphatic heterocycles. The van der Waals surface area contributed by atoms with Gasteiger partial charge in [-0.25, -0.2) is 9.37 Å². The SMILES string of the molecule is COc1nc(-c2c(Cl)c(C)cc3[nH]ncc23)c(F)c2nc(OC[C@]34CCCC3N(C3C[C@@H]5C[C@@H](OC)C[C@H]35)CCC4)nc(N3CCOC[C@@](C)(O)C3)c12. The van der Waals surface area contributed by atoms with Crippen LogP contribution in [-0.2, 0) is 9.47 Å². The van der Waals surface area contributed by atoms with E-state index in [1.165, 1.54) is 20.0 Å². The van der Waals surface area contributed by atoms with E-state index in [1.54, 1.807) is 13.1 Å². The van der Waals surface area contributed by atoms with E-state index in [-0.39, 0.29) is 47.1 Å². The fraction of sp³-hybridized carbons (Fsp3) is 0.641. The zero-order chi connectivity index (χ0) is 36.6. The van der Waals surface area contributed by atoms with Crippen molar-refractivity contribution >= 4 is 39.2 Å². The summed E-state index contributed by atoms with van der Waals surface area (Å²) in [4.78, 5) is 19.2. The van der Waals surface area contributed by atoms with Gasteiger partial charge in [0.1, 0.15) is 28.0 Å². The quantitative estimate of drug-likeness (QED) is 0.217. The van der Waals surface area contributed by atoms with Gasteiger partial charge in [0.2, 0.25) is 5.88 Å². The van der Waals surface area contributed by atoms with Crippen LogP contribution in [-0.4, -0.2) is 113 Å². The lowest BCUT2D eigenvalue weighted by molar-refractivity contribution is -0.0760. The highest BCUT2D eigenvalue weighted by Crippen LogP contribution is 2.56. The molecule has 3 aliphatic carbocycles. The summed E-state index contributed by atoms with van der Waals surface area (Å²) in [5.74, 6) is 1.32. The number of nitrogens with one attached hydrogen (secondary N) is 1. The molecule has 4 aromatic rings. The highest BCUT2D eigenvalue weighted by molar-refractivity contribution is 6.35. The molecule has 14 heteroatoms. The van der Waals surface area contributed by atoms with E-state index in [1.807, 2.05) is 25.0 Å². The van der Waals surface area contributed by atoms with Crippen LogP contribution in [0.4, 0.5) is 10.2 Å². The summed E-state index contributed by atoms with van der Waals surface area (Å²) >= 11 is 6.89. The summed E-state index contributed by atoms with van der Waals surface area (Å²) in [5.41, 5.74) is 0.629. The maximum atomic E-state index is 17.3. The van der Waals surface area contributed by atoms with Crippen LogP contribution in [0, 0.1) is 30.0 Å². The first-order chi connectivity index (χ1) is 25.6. The Kier molecular flexibility index (Phi) is 8.96. The topological polar surface area (TPSA) is 131 Å². The number of piperidine rings is 1. The van der Waals surface area contributed by atoms with Crippen molar-refractivity contribution in [2.24, 2.45) is 17.3 Å².